The molecule has 1 aliphatic rings. The average Bonchev–Trinajstić information content (AvgIpc) is 2.29. The van der Waals surface area contributed by atoms with Crippen molar-refractivity contribution >= 4 is 0 Å². The van der Waals surface area contributed by atoms with Gasteiger partial charge in [-0.3, -0.25) is 4.90 Å². The van der Waals surface area contributed by atoms with Crippen LogP contribution in [0.1, 0.15) is 15.3 Å². The third-order valence-corrected chi connectivity index (χ3v) is 2.00. The van der Waals surface area contributed by atoms with Crippen molar-refractivity contribution in [1.82, 2.24) is 4.90 Å². The van der Waals surface area contributed by atoms with Gasteiger partial charge in [0.15, 0.2) is 0 Å². The zero-order valence-electron chi connectivity index (χ0n) is 7.68. The van der Waals surface area contributed by atoms with Gasteiger partial charge in [0.2, 0.25) is 0 Å². The maximum Gasteiger partial charge on any atom is 0.142 e. The lowest BCUT2D eigenvalue weighted by atomic mass is 10.2. The summed E-state index contributed by atoms with van der Waals surface area (Å²) >= 11 is 0. The largest absolute Gasteiger partial charge is 0.295 e. The van der Waals surface area contributed by atoms with Gasteiger partial charge in [-0.1, -0.05) is 13.8 Å². The van der Waals surface area contributed by atoms with E-state index >= 15 is 0 Å². The molecule has 1 heterocycles. The molecule has 1 fully saturated rings. The highest BCUT2D eigenvalue weighted by atomic mass is 19.1. The van der Waals surface area contributed by atoms with Crippen LogP contribution in [0.25, 0.3) is 0 Å². The first-order valence-electron chi connectivity index (χ1n) is 4.32. The third-order valence-electron chi connectivity index (χ3n) is 2.00. The lowest BCUT2D eigenvalue weighted by Crippen LogP contribution is -2.25. The molecule has 0 unspecified atom stereocenters. The van der Waals surface area contributed by atoms with Crippen LogP contribution in [0, 0.1) is 12.5 Å². The zero-order valence-corrected chi connectivity index (χ0v) is 7.68. The highest BCUT2D eigenvalue weighted by Gasteiger charge is 2.26. The smallest absolute Gasteiger partial charge is 0.142 e. The van der Waals surface area contributed by atoms with Gasteiger partial charge in [-0.25, -0.2) is 4.39 Å². The van der Waals surface area contributed by atoms with E-state index in [4.69, 9.17) is 6.58 Å². The summed E-state index contributed by atoms with van der Waals surface area (Å²) in [5.41, 5.74) is 3.02. The second kappa shape index (κ2) is 3.88. The van der Waals surface area contributed by atoms with E-state index in [-0.39, 0.29) is 1.43 Å². The van der Waals surface area contributed by atoms with Gasteiger partial charge in [-0.05, 0) is 12.5 Å². The molecule has 1 nitrogen and oxygen atoms in total. The van der Waals surface area contributed by atoms with Crippen LogP contribution in [-0.2, 0) is 0 Å². The van der Waals surface area contributed by atoms with Crippen LogP contribution in [0.3, 0.4) is 0 Å². The molecule has 0 spiro atoms. The molecular formula is C10H17FN. The lowest BCUT2D eigenvalue weighted by Gasteiger charge is -2.15. The monoisotopic (exact) mass is 170 g/mol. The summed E-state index contributed by atoms with van der Waals surface area (Å²) in [6.45, 7) is 11.5. The number of alkyl halides is 1. The van der Waals surface area contributed by atoms with E-state index in [1.807, 2.05) is 0 Å². The third kappa shape index (κ3) is 2.20. The van der Waals surface area contributed by atoms with Gasteiger partial charge in [0.25, 0.3) is 0 Å². The Bertz CT molecular complexity index is 209. The Balaban J connectivity index is 0.00000144. The van der Waals surface area contributed by atoms with Crippen LogP contribution in [0.4, 0.5) is 4.39 Å². The van der Waals surface area contributed by atoms with Gasteiger partial charge < -0.3 is 0 Å². The summed E-state index contributed by atoms with van der Waals surface area (Å²) in [5.74, 6) is 0.578. The zero-order chi connectivity index (χ0) is 9.14. The Labute approximate surface area is 75.0 Å². The standard InChI is InChI=1S/C10H15FN.H2/c1-4-9-6-12(5-8(2)3)7-10(9)11;/h1,8,10H,5-7H2,2-3H3;1H/t4?,10-;/m1./s1. The lowest BCUT2D eigenvalue weighted by molar-refractivity contribution is 0.265. The summed E-state index contributed by atoms with van der Waals surface area (Å²) < 4.78 is 13.1. The molecule has 1 rings (SSSR count). The molecule has 0 amide bonds. The van der Waals surface area contributed by atoms with Crippen molar-refractivity contribution in [3.05, 3.63) is 17.9 Å². The summed E-state index contributed by atoms with van der Waals surface area (Å²) in [6.07, 6.45) is -0.895. The van der Waals surface area contributed by atoms with Crippen molar-refractivity contribution in [3.63, 3.8) is 0 Å². The van der Waals surface area contributed by atoms with Crippen LogP contribution in [0.15, 0.2) is 11.3 Å². The molecule has 0 aliphatic carbocycles. The van der Waals surface area contributed by atoms with Crippen molar-refractivity contribution in [2.45, 2.75) is 20.0 Å². The Kier molecular flexibility index (Phi) is 3.07. The fraction of sp³-hybridized carbons (Fsp3) is 0.700. The van der Waals surface area contributed by atoms with Gasteiger partial charge in [-0.15, -0.1) is 5.73 Å². The van der Waals surface area contributed by atoms with E-state index in [0.717, 1.165) is 6.54 Å². The molecule has 1 aliphatic heterocycles. The van der Waals surface area contributed by atoms with Crippen molar-refractivity contribution in [1.29, 1.82) is 0 Å². The quantitative estimate of drug-likeness (QED) is 0.573. The predicted molar refractivity (Wildman–Crippen MR) is 49.6 cm³/mol. The van der Waals surface area contributed by atoms with Crippen LogP contribution in [0.5, 0.6) is 0 Å². The number of halogens is 1. The predicted octanol–water partition coefficient (Wildman–Crippen LogP) is 2.06. The second-order valence-electron chi connectivity index (χ2n) is 3.73. The van der Waals surface area contributed by atoms with E-state index in [1.165, 1.54) is 0 Å². The Morgan fingerprint density at radius 2 is 2.50 bits per heavy atom. The molecule has 0 N–H and O–H groups in total. The van der Waals surface area contributed by atoms with Crippen molar-refractivity contribution in [2.75, 3.05) is 19.6 Å². The SMILES string of the molecule is [CH]=C=C1CN(CC(C)C)C[C@H]1F.[HH]. The first-order chi connectivity index (χ1) is 5.63. The number of hydrogen-bond donors (Lipinski definition) is 0. The Morgan fingerprint density at radius 3 is 2.92 bits per heavy atom. The molecule has 2 heteroatoms. The first-order valence-corrected chi connectivity index (χ1v) is 4.32. The topological polar surface area (TPSA) is 3.24 Å². The van der Waals surface area contributed by atoms with Crippen molar-refractivity contribution in [3.8, 4) is 0 Å². The van der Waals surface area contributed by atoms with E-state index in [1.54, 1.807) is 0 Å². The average molecular weight is 170 g/mol. The van der Waals surface area contributed by atoms with E-state index in [2.05, 4.69) is 24.5 Å². The molecule has 1 saturated heterocycles. The van der Waals surface area contributed by atoms with Gasteiger partial charge in [-0.2, -0.15) is 0 Å². The summed E-state index contributed by atoms with van der Waals surface area (Å²) in [6, 6.07) is 0. The number of hydrogen-bond acceptors (Lipinski definition) is 1. The first kappa shape index (κ1) is 9.50. The van der Waals surface area contributed by atoms with Crippen LogP contribution >= 0.6 is 0 Å². The molecule has 1 radical (unpaired) electrons. The summed E-state index contributed by atoms with van der Waals surface area (Å²) in [5, 5.41) is 0. The molecule has 1 atom stereocenters. The fourth-order valence-corrected chi connectivity index (χ4v) is 1.53. The molecule has 12 heavy (non-hydrogen) atoms. The number of rotatable bonds is 2. The van der Waals surface area contributed by atoms with Gasteiger partial charge >= 0.3 is 0 Å². The molecule has 0 aromatic carbocycles. The second-order valence-corrected chi connectivity index (χ2v) is 3.73. The molecule has 69 valence electrons. The van der Waals surface area contributed by atoms with Crippen molar-refractivity contribution in [2.24, 2.45) is 5.92 Å². The fourth-order valence-electron chi connectivity index (χ4n) is 1.53. The molecule has 0 saturated carbocycles. The highest BCUT2D eigenvalue weighted by Crippen LogP contribution is 2.18. The maximum atomic E-state index is 13.1. The highest BCUT2D eigenvalue weighted by molar-refractivity contribution is 5.13. The molecule has 0 aromatic heterocycles. The number of nitrogens with zero attached hydrogens (tertiary/aromatic N) is 1. The molecule has 0 bridgehead atoms. The Hall–Kier alpha value is -0.590. The summed E-state index contributed by atoms with van der Waals surface area (Å²) in [7, 11) is 0. The van der Waals surface area contributed by atoms with Crippen molar-refractivity contribution < 1.29 is 5.82 Å². The van der Waals surface area contributed by atoms with E-state index in [0.29, 0.717) is 24.6 Å². The van der Waals surface area contributed by atoms with Gasteiger partial charge in [0.1, 0.15) is 6.17 Å². The van der Waals surface area contributed by atoms with Crippen LogP contribution in [0.2, 0.25) is 0 Å². The van der Waals surface area contributed by atoms with Crippen LogP contribution < -0.4 is 0 Å². The normalized spacial score (nSPS) is 25.0. The van der Waals surface area contributed by atoms with Gasteiger partial charge in [0, 0.05) is 26.6 Å². The minimum absolute atomic E-state index is 0. The van der Waals surface area contributed by atoms with Gasteiger partial charge in [0.05, 0.1) is 0 Å². The molecular weight excluding hydrogens is 153 g/mol. The van der Waals surface area contributed by atoms with Crippen LogP contribution in [-0.4, -0.2) is 30.7 Å². The maximum absolute atomic E-state index is 13.1. The minimum Gasteiger partial charge on any atom is -0.295 e. The molecule has 0 aromatic rings. The Morgan fingerprint density at radius 1 is 1.83 bits per heavy atom. The number of likely N-dealkylation sites (tertiary alicyclic amines) is 1. The van der Waals surface area contributed by atoms with E-state index in [9.17, 15) is 4.39 Å². The summed E-state index contributed by atoms with van der Waals surface area (Å²) in [4.78, 5) is 2.07. The minimum atomic E-state index is -0.895. The van der Waals surface area contributed by atoms with E-state index < -0.39 is 6.17 Å².